The highest BCUT2D eigenvalue weighted by Gasteiger charge is 2.08. The van der Waals surface area contributed by atoms with E-state index in [9.17, 15) is 4.79 Å². The molecule has 1 amide bonds. The minimum absolute atomic E-state index is 0.366. The maximum absolute atomic E-state index is 11.6. The summed E-state index contributed by atoms with van der Waals surface area (Å²) >= 11 is 8.82. The summed E-state index contributed by atoms with van der Waals surface area (Å²) in [6, 6.07) is 9.42. The van der Waals surface area contributed by atoms with Gasteiger partial charge in [0.25, 0.3) is 0 Å². The number of amides is 1. The maximum atomic E-state index is 11.6. The minimum atomic E-state index is -0.366. The van der Waals surface area contributed by atoms with Gasteiger partial charge in [0.1, 0.15) is 18.0 Å². The van der Waals surface area contributed by atoms with E-state index in [1.54, 1.807) is 12.3 Å². The van der Waals surface area contributed by atoms with Crippen LogP contribution in [0.1, 0.15) is 0 Å². The molecule has 0 aliphatic carbocycles. The van der Waals surface area contributed by atoms with Gasteiger partial charge in [0.2, 0.25) is 5.91 Å². The lowest BCUT2D eigenvalue weighted by Crippen LogP contribution is -2.09. The molecule has 0 fully saturated rings. The highest BCUT2D eigenvalue weighted by atomic mass is 79.9. The van der Waals surface area contributed by atoms with Crippen LogP contribution in [-0.2, 0) is 4.79 Å². The number of fused-ring (bicyclic) bond motifs is 1. The van der Waals surface area contributed by atoms with Crippen LogP contribution in [0.15, 0.2) is 58.9 Å². The first-order valence-electron chi connectivity index (χ1n) is 6.87. The van der Waals surface area contributed by atoms with Crippen molar-refractivity contribution in [2.75, 3.05) is 10.6 Å². The Bertz CT molecular complexity index is 931. The van der Waals surface area contributed by atoms with Gasteiger partial charge in [-0.1, -0.05) is 33.6 Å². The zero-order valence-electron chi connectivity index (χ0n) is 12.2. The monoisotopic (exact) mass is 403 g/mol. The van der Waals surface area contributed by atoms with Crippen LogP contribution in [0, 0.1) is 0 Å². The van der Waals surface area contributed by atoms with Crippen molar-refractivity contribution in [3.63, 3.8) is 0 Å². The molecule has 6 nitrogen and oxygen atoms in total. The molecule has 3 aromatic rings. The lowest BCUT2D eigenvalue weighted by atomic mass is 10.2. The molecule has 0 aliphatic rings. The third kappa shape index (κ3) is 3.87. The summed E-state index contributed by atoms with van der Waals surface area (Å²) in [6.45, 7) is 0. The molecule has 8 heteroatoms. The van der Waals surface area contributed by atoms with Gasteiger partial charge in [-0.15, -0.1) is 0 Å². The zero-order chi connectivity index (χ0) is 16.9. The third-order valence-corrected chi connectivity index (χ3v) is 3.69. The van der Waals surface area contributed by atoms with E-state index in [4.69, 9.17) is 11.6 Å². The molecule has 2 aromatic heterocycles. The summed E-state index contributed by atoms with van der Waals surface area (Å²) in [5.41, 5.74) is 2.67. The van der Waals surface area contributed by atoms with Crippen molar-refractivity contribution >= 4 is 61.7 Å². The van der Waals surface area contributed by atoms with E-state index in [-0.39, 0.29) is 5.91 Å². The van der Waals surface area contributed by atoms with Crippen LogP contribution in [0.2, 0.25) is 0 Å². The Balaban J connectivity index is 1.96. The molecule has 0 saturated heterocycles. The molecule has 0 aliphatic heterocycles. The predicted molar refractivity (Wildman–Crippen MR) is 98.4 cm³/mol. The first-order chi connectivity index (χ1) is 11.7. The number of halogens is 2. The van der Waals surface area contributed by atoms with Gasteiger partial charge in [-0.25, -0.2) is 15.0 Å². The number of anilines is 3. The molecule has 24 heavy (non-hydrogen) atoms. The number of nitrogens with zero attached hydrogens (tertiary/aromatic N) is 3. The van der Waals surface area contributed by atoms with E-state index in [1.165, 1.54) is 12.4 Å². The molecule has 2 N–H and O–H groups in total. The Morgan fingerprint density at radius 1 is 1.21 bits per heavy atom. The van der Waals surface area contributed by atoms with Gasteiger partial charge in [0.05, 0.1) is 11.7 Å². The second kappa shape index (κ2) is 7.37. The SMILES string of the molecule is O=C(/C=C/Cl)Nc1cc2c(Nc3cccc(Br)c3)ncnc2cn1. The van der Waals surface area contributed by atoms with Gasteiger partial charge >= 0.3 is 0 Å². The first kappa shape index (κ1) is 16.4. The first-order valence-corrected chi connectivity index (χ1v) is 8.10. The maximum Gasteiger partial charge on any atom is 0.250 e. The summed E-state index contributed by atoms with van der Waals surface area (Å²) in [4.78, 5) is 24.2. The largest absolute Gasteiger partial charge is 0.340 e. The molecule has 1 aromatic carbocycles. The van der Waals surface area contributed by atoms with Gasteiger partial charge in [-0.05, 0) is 24.3 Å². The van der Waals surface area contributed by atoms with Crippen LogP contribution >= 0.6 is 27.5 Å². The summed E-state index contributed by atoms with van der Waals surface area (Å²) in [5.74, 6) is 0.633. The number of rotatable bonds is 4. The van der Waals surface area contributed by atoms with E-state index >= 15 is 0 Å². The molecule has 2 heterocycles. The number of carbonyl (C=O) groups excluding carboxylic acids is 1. The fourth-order valence-corrected chi connectivity index (χ4v) is 2.57. The molecule has 0 unspecified atom stereocenters. The summed E-state index contributed by atoms with van der Waals surface area (Å²) < 4.78 is 0.952. The van der Waals surface area contributed by atoms with E-state index in [1.807, 2.05) is 24.3 Å². The van der Waals surface area contributed by atoms with E-state index in [2.05, 4.69) is 41.5 Å². The van der Waals surface area contributed by atoms with Gasteiger partial charge in [0.15, 0.2) is 0 Å². The lowest BCUT2D eigenvalue weighted by Gasteiger charge is -2.09. The normalized spacial score (nSPS) is 10.9. The Morgan fingerprint density at radius 3 is 2.88 bits per heavy atom. The van der Waals surface area contributed by atoms with Crippen LogP contribution in [0.3, 0.4) is 0 Å². The fraction of sp³-hybridized carbons (Fsp3) is 0. The van der Waals surface area contributed by atoms with Crippen LogP contribution in [0.4, 0.5) is 17.3 Å². The average Bonchev–Trinajstić information content (AvgIpc) is 2.56. The number of hydrogen-bond donors (Lipinski definition) is 2. The van der Waals surface area contributed by atoms with Crippen molar-refractivity contribution in [3.8, 4) is 0 Å². The van der Waals surface area contributed by atoms with E-state index < -0.39 is 0 Å². The predicted octanol–water partition coefficient (Wildman–Crippen LogP) is 4.22. The summed E-state index contributed by atoms with van der Waals surface area (Å²) in [6.07, 6.45) is 4.23. The number of nitrogens with one attached hydrogen (secondary N) is 2. The highest BCUT2D eigenvalue weighted by Crippen LogP contribution is 2.25. The van der Waals surface area contributed by atoms with E-state index in [0.29, 0.717) is 17.2 Å². The van der Waals surface area contributed by atoms with Crippen molar-refractivity contribution in [1.29, 1.82) is 0 Å². The number of carbonyl (C=O) groups is 1. The van der Waals surface area contributed by atoms with Crippen LogP contribution in [0.25, 0.3) is 10.9 Å². The van der Waals surface area contributed by atoms with Crippen molar-refractivity contribution in [2.45, 2.75) is 0 Å². The van der Waals surface area contributed by atoms with Gasteiger partial charge in [0, 0.05) is 27.2 Å². The molecule has 0 radical (unpaired) electrons. The van der Waals surface area contributed by atoms with Gasteiger partial charge in [-0.2, -0.15) is 0 Å². The van der Waals surface area contributed by atoms with Crippen LogP contribution < -0.4 is 10.6 Å². The van der Waals surface area contributed by atoms with Crippen LogP contribution in [-0.4, -0.2) is 20.9 Å². The minimum Gasteiger partial charge on any atom is -0.340 e. The molecule has 120 valence electrons. The van der Waals surface area contributed by atoms with Crippen molar-refractivity contribution in [3.05, 3.63) is 58.9 Å². The lowest BCUT2D eigenvalue weighted by molar-refractivity contribution is -0.111. The number of hydrogen-bond acceptors (Lipinski definition) is 5. The fourth-order valence-electron chi connectivity index (χ4n) is 2.06. The van der Waals surface area contributed by atoms with Crippen molar-refractivity contribution < 1.29 is 4.79 Å². The molecule has 0 saturated carbocycles. The Kier molecular flexibility index (Phi) is 5.02. The average molecular weight is 405 g/mol. The third-order valence-electron chi connectivity index (χ3n) is 3.07. The van der Waals surface area contributed by atoms with Crippen molar-refractivity contribution in [1.82, 2.24) is 15.0 Å². The number of aromatic nitrogens is 3. The topological polar surface area (TPSA) is 79.8 Å². The molecule has 0 atom stereocenters. The zero-order valence-corrected chi connectivity index (χ0v) is 14.5. The highest BCUT2D eigenvalue weighted by molar-refractivity contribution is 9.10. The Labute approximate surface area is 151 Å². The van der Waals surface area contributed by atoms with Gasteiger partial charge < -0.3 is 10.6 Å². The number of pyridine rings is 1. The van der Waals surface area contributed by atoms with Gasteiger partial charge in [-0.3, -0.25) is 4.79 Å². The molecular formula is C16H11BrClN5O. The molecule has 0 bridgehead atoms. The molecule has 0 spiro atoms. The standard InChI is InChI=1S/C16H11BrClN5O/c17-10-2-1-3-11(6-10)22-16-12-7-14(23-15(24)4-5-18)19-8-13(12)20-9-21-16/h1-9H,(H,19,23,24)(H,20,21,22)/b5-4+. The quantitative estimate of drug-likeness (QED) is 0.636. The Hall–Kier alpha value is -2.51. The molecule has 3 rings (SSSR count). The summed E-state index contributed by atoms with van der Waals surface area (Å²) in [7, 11) is 0. The van der Waals surface area contributed by atoms with E-state index in [0.717, 1.165) is 21.1 Å². The smallest absolute Gasteiger partial charge is 0.250 e. The van der Waals surface area contributed by atoms with Crippen molar-refractivity contribution in [2.24, 2.45) is 0 Å². The number of benzene rings is 1. The second-order valence-corrected chi connectivity index (χ2v) is 5.89. The second-order valence-electron chi connectivity index (χ2n) is 4.73. The Morgan fingerprint density at radius 2 is 2.08 bits per heavy atom. The van der Waals surface area contributed by atoms with Crippen LogP contribution in [0.5, 0.6) is 0 Å². The molecular weight excluding hydrogens is 394 g/mol. The summed E-state index contributed by atoms with van der Waals surface area (Å²) in [5, 5.41) is 6.59.